The van der Waals surface area contributed by atoms with Gasteiger partial charge in [-0.15, -0.1) is 0 Å². The van der Waals surface area contributed by atoms with Gasteiger partial charge in [0, 0.05) is 44.5 Å². The van der Waals surface area contributed by atoms with Crippen LogP contribution in [0.3, 0.4) is 0 Å². The van der Waals surface area contributed by atoms with Crippen LogP contribution in [0.5, 0.6) is 0 Å². The SMILES string of the molecule is N=C(NOC(=O)C1CC1)c1ccc2nc(Nc3cc(CN4CCN(c5ccccc5Cl)CC4)ccn3)[nH]c2c1. The van der Waals surface area contributed by atoms with Crippen molar-refractivity contribution < 1.29 is 9.63 Å². The molecule has 11 heteroatoms. The van der Waals surface area contributed by atoms with E-state index < -0.39 is 0 Å². The molecule has 1 aliphatic heterocycles. The number of nitrogens with one attached hydrogen (secondary N) is 4. The van der Waals surface area contributed by atoms with Gasteiger partial charge in [-0.1, -0.05) is 23.7 Å². The van der Waals surface area contributed by atoms with Crippen LogP contribution in [-0.4, -0.2) is 57.8 Å². The first-order valence-corrected chi connectivity index (χ1v) is 13.4. The Labute approximate surface area is 230 Å². The highest BCUT2D eigenvalue weighted by molar-refractivity contribution is 6.33. The fourth-order valence-corrected chi connectivity index (χ4v) is 4.92. The van der Waals surface area contributed by atoms with Crippen LogP contribution in [0.1, 0.15) is 24.0 Å². The van der Waals surface area contributed by atoms with Gasteiger partial charge in [-0.2, -0.15) is 0 Å². The summed E-state index contributed by atoms with van der Waals surface area (Å²) in [5, 5.41) is 12.2. The van der Waals surface area contributed by atoms with Crippen molar-refractivity contribution in [3.63, 3.8) is 0 Å². The molecule has 2 aromatic carbocycles. The lowest BCUT2D eigenvalue weighted by molar-refractivity contribution is -0.149. The maximum absolute atomic E-state index is 11.7. The standard InChI is InChI=1S/C28H29ClN8O2/c29-21-3-1-2-4-24(21)37-13-11-36(12-14-37)17-18-9-10-31-25(15-18)34-28-32-22-8-7-20(16-23(22)33-28)26(30)35-39-27(38)19-5-6-19/h1-4,7-10,15-16,19H,5-6,11-14,17H2,(H2,30,35)(H2,31,32,33,34). The van der Waals surface area contributed by atoms with Crippen LogP contribution >= 0.6 is 11.6 Å². The maximum atomic E-state index is 11.7. The highest BCUT2D eigenvalue weighted by Gasteiger charge is 2.32. The number of para-hydroxylation sites is 1. The third kappa shape index (κ3) is 5.97. The first-order valence-electron chi connectivity index (χ1n) is 13.0. The van der Waals surface area contributed by atoms with Gasteiger partial charge in [0.2, 0.25) is 5.95 Å². The van der Waals surface area contributed by atoms with Gasteiger partial charge in [0.05, 0.1) is 27.7 Å². The van der Waals surface area contributed by atoms with Gasteiger partial charge in [0.1, 0.15) is 5.82 Å². The van der Waals surface area contributed by atoms with E-state index in [1.54, 1.807) is 18.3 Å². The number of imidazole rings is 1. The maximum Gasteiger partial charge on any atom is 0.335 e. The largest absolute Gasteiger partial charge is 0.368 e. The van der Waals surface area contributed by atoms with Gasteiger partial charge in [0.15, 0.2) is 5.84 Å². The summed E-state index contributed by atoms with van der Waals surface area (Å²) in [6.45, 7) is 4.59. The van der Waals surface area contributed by atoms with Crippen LogP contribution in [0.4, 0.5) is 17.5 Å². The second kappa shape index (κ2) is 10.9. The highest BCUT2D eigenvalue weighted by atomic mass is 35.5. The number of pyridine rings is 1. The van der Waals surface area contributed by atoms with Crippen molar-refractivity contribution in [3.8, 4) is 0 Å². The molecule has 2 aromatic heterocycles. The number of benzene rings is 2. The second-order valence-electron chi connectivity index (χ2n) is 9.88. The molecule has 0 amide bonds. The summed E-state index contributed by atoms with van der Waals surface area (Å²) in [5.74, 6) is 0.910. The molecular formula is C28H29ClN8O2. The van der Waals surface area contributed by atoms with Gasteiger partial charge in [-0.05, 0) is 60.9 Å². The van der Waals surface area contributed by atoms with Crippen molar-refractivity contribution in [1.29, 1.82) is 5.41 Å². The minimum absolute atomic E-state index is 0.0112. The lowest BCUT2D eigenvalue weighted by Gasteiger charge is -2.36. The van der Waals surface area contributed by atoms with Crippen LogP contribution in [0, 0.1) is 11.3 Å². The van der Waals surface area contributed by atoms with Gasteiger partial charge < -0.3 is 20.0 Å². The Kier molecular flexibility index (Phi) is 7.04. The molecule has 0 bridgehead atoms. The van der Waals surface area contributed by atoms with Crippen LogP contribution in [0.2, 0.25) is 5.02 Å². The van der Waals surface area contributed by atoms with Crippen LogP contribution in [0.25, 0.3) is 11.0 Å². The van der Waals surface area contributed by atoms with E-state index in [0.29, 0.717) is 17.3 Å². The van der Waals surface area contributed by atoms with Crippen molar-refractivity contribution in [2.24, 2.45) is 5.92 Å². The zero-order chi connectivity index (χ0) is 26.8. The Bertz CT molecular complexity index is 1510. The Morgan fingerprint density at radius 1 is 1.10 bits per heavy atom. The summed E-state index contributed by atoms with van der Waals surface area (Å²) in [6.07, 6.45) is 3.50. The van der Waals surface area contributed by atoms with E-state index in [-0.39, 0.29) is 17.7 Å². The van der Waals surface area contributed by atoms with Crippen LogP contribution in [-0.2, 0) is 16.2 Å². The van der Waals surface area contributed by atoms with E-state index in [1.165, 1.54) is 0 Å². The molecule has 1 saturated carbocycles. The third-order valence-electron chi connectivity index (χ3n) is 6.98. The molecular weight excluding hydrogens is 516 g/mol. The number of anilines is 3. The molecule has 2 aliphatic rings. The Morgan fingerprint density at radius 3 is 2.72 bits per heavy atom. The molecule has 2 fully saturated rings. The molecule has 10 nitrogen and oxygen atoms in total. The Hall–Kier alpha value is -4.15. The first-order chi connectivity index (χ1) is 19.0. The fourth-order valence-electron chi connectivity index (χ4n) is 4.66. The molecule has 3 heterocycles. The van der Waals surface area contributed by atoms with Crippen LogP contribution in [0.15, 0.2) is 60.8 Å². The molecule has 6 rings (SSSR count). The second-order valence-corrected chi connectivity index (χ2v) is 10.3. The predicted molar refractivity (Wildman–Crippen MR) is 151 cm³/mol. The number of halogens is 1. The molecule has 200 valence electrons. The molecule has 0 atom stereocenters. The first kappa shape index (κ1) is 25.1. The number of carbonyl (C=O) groups is 1. The third-order valence-corrected chi connectivity index (χ3v) is 7.30. The summed E-state index contributed by atoms with van der Waals surface area (Å²) in [6, 6.07) is 17.4. The number of nitrogens with zero attached hydrogens (tertiary/aromatic N) is 4. The summed E-state index contributed by atoms with van der Waals surface area (Å²) < 4.78 is 0. The monoisotopic (exact) mass is 544 g/mol. The van der Waals surface area contributed by atoms with Crippen molar-refractivity contribution in [2.75, 3.05) is 36.4 Å². The summed E-state index contributed by atoms with van der Waals surface area (Å²) >= 11 is 6.38. The minimum Gasteiger partial charge on any atom is -0.368 e. The van der Waals surface area contributed by atoms with Crippen molar-refractivity contribution in [1.82, 2.24) is 25.3 Å². The topological polar surface area (TPSA) is 122 Å². The lowest BCUT2D eigenvalue weighted by atomic mass is 10.2. The quantitative estimate of drug-likeness (QED) is 0.153. The average molecular weight is 545 g/mol. The summed E-state index contributed by atoms with van der Waals surface area (Å²) in [5.41, 5.74) is 6.78. The number of hydrogen-bond donors (Lipinski definition) is 4. The smallest absolute Gasteiger partial charge is 0.335 e. The average Bonchev–Trinajstić information content (AvgIpc) is 3.72. The van der Waals surface area contributed by atoms with E-state index >= 15 is 0 Å². The predicted octanol–water partition coefficient (Wildman–Crippen LogP) is 4.46. The molecule has 1 saturated heterocycles. The molecule has 1 aliphatic carbocycles. The van der Waals surface area contributed by atoms with E-state index in [9.17, 15) is 4.79 Å². The van der Waals surface area contributed by atoms with E-state index in [4.69, 9.17) is 21.8 Å². The number of hydroxylamine groups is 1. The minimum atomic E-state index is -0.317. The molecule has 4 N–H and O–H groups in total. The van der Waals surface area contributed by atoms with Gasteiger partial charge in [-0.3, -0.25) is 10.3 Å². The normalized spacial score (nSPS) is 15.8. The molecule has 0 radical (unpaired) electrons. The molecule has 4 aromatic rings. The number of carbonyl (C=O) groups excluding carboxylic acids is 1. The number of H-pyrrole nitrogens is 1. The van der Waals surface area contributed by atoms with E-state index in [2.05, 4.69) is 41.6 Å². The zero-order valence-electron chi connectivity index (χ0n) is 21.3. The molecule has 0 unspecified atom stereocenters. The van der Waals surface area contributed by atoms with Gasteiger partial charge in [-0.25, -0.2) is 20.2 Å². The number of piperazine rings is 1. The highest BCUT2D eigenvalue weighted by Crippen LogP contribution is 2.30. The Balaban J connectivity index is 1.06. The number of amidine groups is 1. The van der Waals surface area contributed by atoms with Crippen LogP contribution < -0.4 is 15.7 Å². The number of rotatable bonds is 7. The van der Waals surface area contributed by atoms with E-state index in [1.807, 2.05) is 36.4 Å². The Morgan fingerprint density at radius 2 is 1.92 bits per heavy atom. The number of hydrogen-bond acceptors (Lipinski definition) is 8. The molecule has 0 spiro atoms. The summed E-state index contributed by atoms with van der Waals surface area (Å²) in [4.78, 5) is 33.8. The van der Waals surface area contributed by atoms with Gasteiger partial charge >= 0.3 is 5.97 Å². The number of aromatic nitrogens is 3. The van der Waals surface area contributed by atoms with E-state index in [0.717, 1.165) is 72.9 Å². The number of fused-ring (bicyclic) bond motifs is 1. The fraction of sp³-hybridized carbons (Fsp3) is 0.286. The summed E-state index contributed by atoms with van der Waals surface area (Å²) in [7, 11) is 0. The van der Waals surface area contributed by atoms with Gasteiger partial charge in [0.25, 0.3) is 0 Å². The zero-order valence-corrected chi connectivity index (χ0v) is 22.0. The van der Waals surface area contributed by atoms with Crippen molar-refractivity contribution >= 4 is 51.9 Å². The lowest BCUT2D eigenvalue weighted by Crippen LogP contribution is -2.46. The van der Waals surface area contributed by atoms with Crippen molar-refractivity contribution in [2.45, 2.75) is 19.4 Å². The molecule has 39 heavy (non-hydrogen) atoms. The number of aromatic amines is 1. The van der Waals surface area contributed by atoms with Crippen molar-refractivity contribution in [3.05, 3.63) is 76.9 Å².